The molecule has 0 bridgehead atoms. The molecule has 0 radical (unpaired) electrons. The number of hydrogen-bond donors (Lipinski definition) is 1. The fourth-order valence-electron chi connectivity index (χ4n) is 3.05. The Morgan fingerprint density at radius 2 is 1.62 bits per heavy atom. The van der Waals surface area contributed by atoms with Gasteiger partial charge in [0.1, 0.15) is 0 Å². The fraction of sp³-hybridized carbons (Fsp3) is 0.600. The first kappa shape index (κ1) is 16.4. The lowest BCUT2D eigenvalue weighted by Crippen LogP contribution is -2.50. The van der Waals surface area contributed by atoms with Gasteiger partial charge in [-0.2, -0.15) is 4.31 Å². The lowest BCUT2D eigenvalue weighted by atomic mass is 9.99. The molecule has 0 aliphatic carbocycles. The summed E-state index contributed by atoms with van der Waals surface area (Å²) in [5.41, 5.74) is 9.68. The van der Waals surface area contributed by atoms with Gasteiger partial charge in [0.2, 0.25) is 10.0 Å². The van der Waals surface area contributed by atoms with E-state index in [1.807, 2.05) is 0 Å². The van der Waals surface area contributed by atoms with Crippen molar-refractivity contribution in [1.82, 2.24) is 9.21 Å². The first-order valence-corrected chi connectivity index (χ1v) is 9.13. The maximum atomic E-state index is 11.6. The van der Waals surface area contributed by atoms with E-state index in [2.05, 4.69) is 36.9 Å². The summed E-state index contributed by atoms with van der Waals surface area (Å²) in [6, 6.07) is 6.66. The minimum Gasteiger partial charge on any atom is -0.329 e. The predicted molar refractivity (Wildman–Crippen MR) is 85.7 cm³/mol. The quantitative estimate of drug-likeness (QED) is 0.896. The summed E-state index contributed by atoms with van der Waals surface area (Å²) in [5, 5.41) is 0. The van der Waals surface area contributed by atoms with Crippen LogP contribution in [0, 0.1) is 13.8 Å². The smallest absolute Gasteiger partial charge is 0.211 e. The van der Waals surface area contributed by atoms with Gasteiger partial charge >= 0.3 is 0 Å². The molecular weight excluding hydrogens is 286 g/mol. The summed E-state index contributed by atoms with van der Waals surface area (Å²) in [4.78, 5) is 2.29. The molecule has 0 saturated carbocycles. The average molecular weight is 311 g/mol. The Bertz CT molecular complexity index is 573. The topological polar surface area (TPSA) is 66.6 Å². The number of piperazine rings is 1. The van der Waals surface area contributed by atoms with Gasteiger partial charge in [0, 0.05) is 38.8 Å². The molecule has 0 amide bonds. The zero-order valence-corrected chi connectivity index (χ0v) is 13.9. The molecule has 118 valence electrons. The summed E-state index contributed by atoms with van der Waals surface area (Å²) in [6.07, 6.45) is 1.27. The summed E-state index contributed by atoms with van der Waals surface area (Å²) in [7, 11) is -3.08. The molecule has 0 spiro atoms. The maximum absolute atomic E-state index is 11.6. The first-order valence-electron chi connectivity index (χ1n) is 7.28. The van der Waals surface area contributed by atoms with Crippen LogP contribution in [0.4, 0.5) is 0 Å². The van der Waals surface area contributed by atoms with Crippen LogP contribution in [0.3, 0.4) is 0 Å². The zero-order chi connectivity index (χ0) is 15.6. The molecule has 1 aliphatic heterocycles. The highest BCUT2D eigenvalue weighted by Crippen LogP contribution is 2.24. The molecule has 6 heteroatoms. The molecule has 2 rings (SSSR count). The highest BCUT2D eigenvalue weighted by Gasteiger charge is 2.27. The maximum Gasteiger partial charge on any atom is 0.211 e. The van der Waals surface area contributed by atoms with Gasteiger partial charge in [-0.1, -0.05) is 29.3 Å². The second-order valence-corrected chi connectivity index (χ2v) is 7.85. The van der Waals surface area contributed by atoms with Crippen molar-refractivity contribution in [3.63, 3.8) is 0 Å². The van der Waals surface area contributed by atoms with E-state index in [9.17, 15) is 8.42 Å². The van der Waals surface area contributed by atoms with Gasteiger partial charge in [0.25, 0.3) is 0 Å². The summed E-state index contributed by atoms with van der Waals surface area (Å²) in [5.74, 6) is 0. The second-order valence-electron chi connectivity index (χ2n) is 5.87. The van der Waals surface area contributed by atoms with Crippen molar-refractivity contribution in [2.24, 2.45) is 5.73 Å². The van der Waals surface area contributed by atoms with Crippen LogP contribution in [-0.4, -0.2) is 56.6 Å². The molecule has 1 fully saturated rings. The van der Waals surface area contributed by atoms with Crippen LogP contribution in [0.15, 0.2) is 18.2 Å². The number of nitrogens with zero attached hydrogens (tertiary/aromatic N) is 2. The lowest BCUT2D eigenvalue weighted by Gasteiger charge is -2.38. The van der Waals surface area contributed by atoms with Gasteiger partial charge in [-0.15, -0.1) is 0 Å². The molecule has 1 heterocycles. The van der Waals surface area contributed by atoms with Crippen molar-refractivity contribution >= 4 is 10.0 Å². The number of aryl methyl sites for hydroxylation is 2. The van der Waals surface area contributed by atoms with Crippen molar-refractivity contribution in [1.29, 1.82) is 0 Å². The molecule has 1 aromatic rings. The summed E-state index contributed by atoms with van der Waals surface area (Å²) >= 11 is 0. The fourth-order valence-corrected chi connectivity index (χ4v) is 3.87. The Labute approximate surface area is 127 Å². The van der Waals surface area contributed by atoms with Gasteiger partial charge < -0.3 is 5.73 Å². The van der Waals surface area contributed by atoms with Gasteiger partial charge in [0.15, 0.2) is 0 Å². The van der Waals surface area contributed by atoms with E-state index in [0.717, 1.165) is 13.1 Å². The van der Waals surface area contributed by atoms with Crippen LogP contribution in [0.25, 0.3) is 0 Å². The number of hydrogen-bond acceptors (Lipinski definition) is 4. The van der Waals surface area contributed by atoms with Crippen LogP contribution in [0.5, 0.6) is 0 Å². The third-order valence-electron chi connectivity index (χ3n) is 4.04. The molecule has 1 unspecified atom stereocenters. The van der Waals surface area contributed by atoms with Crippen LogP contribution >= 0.6 is 0 Å². The molecule has 2 N–H and O–H groups in total. The standard InChI is InChI=1S/C15H25N3O2S/c1-12-8-13(2)10-14(9-12)15(11-16)17-4-6-18(7-5-17)21(3,19)20/h8-10,15H,4-7,11,16H2,1-3H3. The Balaban J connectivity index is 2.13. The normalized spacial score (nSPS) is 19.6. The van der Waals surface area contributed by atoms with Gasteiger partial charge in [-0.05, 0) is 19.4 Å². The molecule has 1 aliphatic rings. The van der Waals surface area contributed by atoms with Gasteiger partial charge in [-0.3, -0.25) is 4.90 Å². The average Bonchev–Trinajstić information content (AvgIpc) is 2.38. The number of sulfonamides is 1. The largest absolute Gasteiger partial charge is 0.329 e. The molecule has 1 atom stereocenters. The molecule has 5 nitrogen and oxygen atoms in total. The Morgan fingerprint density at radius 3 is 2.05 bits per heavy atom. The van der Waals surface area contributed by atoms with Crippen molar-refractivity contribution in [2.75, 3.05) is 39.0 Å². The van der Waals surface area contributed by atoms with Crippen molar-refractivity contribution in [2.45, 2.75) is 19.9 Å². The number of benzene rings is 1. The van der Waals surface area contributed by atoms with Gasteiger partial charge in [0.05, 0.1) is 6.26 Å². The van der Waals surface area contributed by atoms with Crippen LogP contribution < -0.4 is 5.73 Å². The predicted octanol–water partition coefficient (Wildman–Crippen LogP) is 0.880. The lowest BCUT2D eigenvalue weighted by molar-refractivity contribution is 0.140. The second kappa shape index (κ2) is 6.44. The van der Waals surface area contributed by atoms with Crippen LogP contribution in [0.2, 0.25) is 0 Å². The van der Waals surface area contributed by atoms with E-state index in [4.69, 9.17) is 5.73 Å². The Hall–Kier alpha value is -0.950. The highest BCUT2D eigenvalue weighted by atomic mass is 32.2. The van der Waals surface area contributed by atoms with E-state index in [0.29, 0.717) is 19.6 Å². The molecule has 0 aromatic heterocycles. The molecule has 21 heavy (non-hydrogen) atoms. The van der Waals surface area contributed by atoms with Crippen LogP contribution in [0.1, 0.15) is 22.7 Å². The Morgan fingerprint density at radius 1 is 1.10 bits per heavy atom. The monoisotopic (exact) mass is 311 g/mol. The SMILES string of the molecule is Cc1cc(C)cc(C(CN)N2CCN(S(C)(=O)=O)CC2)c1. The first-order chi connectivity index (χ1) is 9.81. The number of nitrogens with two attached hydrogens (primary N) is 1. The third kappa shape index (κ3) is 4.03. The van der Waals surface area contributed by atoms with Gasteiger partial charge in [-0.25, -0.2) is 8.42 Å². The third-order valence-corrected chi connectivity index (χ3v) is 5.34. The van der Waals surface area contributed by atoms with E-state index in [1.54, 1.807) is 4.31 Å². The Kier molecular flexibility index (Phi) is 5.03. The van der Waals surface area contributed by atoms with Crippen molar-refractivity contribution < 1.29 is 8.42 Å². The van der Waals surface area contributed by atoms with E-state index < -0.39 is 10.0 Å². The van der Waals surface area contributed by atoms with Crippen LogP contribution in [-0.2, 0) is 10.0 Å². The van der Waals surface area contributed by atoms with E-state index in [-0.39, 0.29) is 6.04 Å². The molecule has 1 saturated heterocycles. The minimum absolute atomic E-state index is 0.158. The van der Waals surface area contributed by atoms with E-state index in [1.165, 1.54) is 22.9 Å². The molecule has 1 aromatic carbocycles. The molecular formula is C15H25N3O2S. The highest BCUT2D eigenvalue weighted by molar-refractivity contribution is 7.88. The van der Waals surface area contributed by atoms with E-state index >= 15 is 0 Å². The van der Waals surface area contributed by atoms with Crippen molar-refractivity contribution in [3.05, 3.63) is 34.9 Å². The minimum atomic E-state index is -3.08. The number of rotatable bonds is 4. The zero-order valence-electron chi connectivity index (χ0n) is 13.0. The summed E-state index contributed by atoms with van der Waals surface area (Å²) in [6.45, 7) is 7.25. The van der Waals surface area contributed by atoms with Crippen molar-refractivity contribution in [3.8, 4) is 0 Å². The summed E-state index contributed by atoms with van der Waals surface area (Å²) < 4.78 is 24.7.